The SMILES string of the molecule is NC(=O)N/N=C/c1cnc2ccccc2n1.[Cl][Co][Cl]. The van der Waals surface area contributed by atoms with E-state index in [4.69, 9.17) is 26.0 Å². The number of benzene rings is 1. The van der Waals surface area contributed by atoms with Gasteiger partial charge in [-0.05, 0) is 12.1 Å². The summed E-state index contributed by atoms with van der Waals surface area (Å²) in [4.78, 5) is 18.8. The summed E-state index contributed by atoms with van der Waals surface area (Å²) in [6.07, 6.45) is 2.94. The fourth-order valence-corrected chi connectivity index (χ4v) is 1.20. The van der Waals surface area contributed by atoms with Crippen LogP contribution in [-0.4, -0.2) is 22.2 Å². The van der Waals surface area contributed by atoms with Crippen molar-refractivity contribution in [3.63, 3.8) is 0 Å². The van der Waals surface area contributed by atoms with Crippen LogP contribution in [0, 0.1) is 0 Å². The van der Waals surface area contributed by atoms with Crippen LogP contribution < -0.4 is 11.2 Å². The summed E-state index contributed by atoms with van der Waals surface area (Å²) < 4.78 is 0. The van der Waals surface area contributed by atoms with E-state index in [9.17, 15) is 4.79 Å². The van der Waals surface area contributed by atoms with Crippen molar-refractivity contribution in [2.75, 3.05) is 0 Å². The number of carbonyl (C=O) groups is 1. The van der Waals surface area contributed by atoms with Gasteiger partial charge in [-0.1, -0.05) is 12.1 Å². The van der Waals surface area contributed by atoms with Gasteiger partial charge in [0.25, 0.3) is 0 Å². The Morgan fingerprint density at radius 3 is 2.63 bits per heavy atom. The van der Waals surface area contributed by atoms with Gasteiger partial charge in [0.2, 0.25) is 0 Å². The minimum atomic E-state index is -0.718. The molecule has 0 unspecified atom stereocenters. The van der Waals surface area contributed by atoms with E-state index in [1.54, 1.807) is 6.20 Å². The third kappa shape index (κ3) is 5.84. The first-order valence-electron chi connectivity index (χ1n) is 4.81. The second kappa shape index (κ2) is 8.65. The van der Waals surface area contributed by atoms with Gasteiger partial charge in [-0.2, -0.15) is 5.10 Å². The van der Waals surface area contributed by atoms with E-state index < -0.39 is 6.03 Å². The van der Waals surface area contributed by atoms with E-state index in [-0.39, 0.29) is 0 Å². The number of hydrogen-bond donors (Lipinski definition) is 2. The van der Waals surface area contributed by atoms with Gasteiger partial charge >= 0.3 is 39.2 Å². The molecule has 1 heterocycles. The Morgan fingerprint density at radius 1 is 1.37 bits per heavy atom. The average molecular weight is 345 g/mol. The molecule has 0 aliphatic heterocycles. The summed E-state index contributed by atoms with van der Waals surface area (Å²) in [5, 5.41) is 3.60. The zero-order chi connectivity index (χ0) is 14.1. The second-order valence-corrected chi connectivity index (χ2v) is 4.78. The first kappa shape index (κ1) is 15.6. The zero-order valence-corrected chi connectivity index (χ0v) is 11.9. The molecule has 103 valence electrons. The van der Waals surface area contributed by atoms with Crippen molar-refractivity contribution in [3.8, 4) is 0 Å². The van der Waals surface area contributed by atoms with Crippen LogP contribution in [0.4, 0.5) is 4.79 Å². The van der Waals surface area contributed by atoms with E-state index in [0.29, 0.717) is 18.6 Å². The summed E-state index contributed by atoms with van der Waals surface area (Å²) in [7, 11) is 9.47. The van der Waals surface area contributed by atoms with Gasteiger partial charge in [0.05, 0.1) is 23.4 Å². The fourth-order valence-electron chi connectivity index (χ4n) is 1.20. The number of primary amides is 1. The molecule has 0 aliphatic rings. The number of amides is 2. The number of nitrogens with two attached hydrogens (primary N) is 1. The van der Waals surface area contributed by atoms with Crippen molar-refractivity contribution in [2.24, 2.45) is 10.8 Å². The fraction of sp³-hybridized carbons (Fsp3) is 0. The molecule has 0 saturated heterocycles. The Morgan fingerprint density at radius 2 is 2.00 bits per heavy atom. The summed E-state index contributed by atoms with van der Waals surface area (Å²) in [6, 6.07) is 6.76. The molecule has 2 aromatic rings. The summed E-state index contributed by atoms with van der Waals surface area (Å²) >= 11 is 0.382. The Labute approximate surface area is 123 Å². The number of urea groups is 1. The quantitative estimate of drug-likeness (QED) is 0.644. The van der Waals surface area contributed by atoms with Crippen LogP contribution in [0.3, 0.4) is 0 Å². The molecule has 0 fully saturated rings. The summed E-state index contributed by atoms with van der Waals surface area (Å²) in [5.74, 6) is 0. The van der Waals surface area contributed by atoms with Crippen LogP contribution in [0.1, 0.15) is 5.69 Å². The third-order valence-corrected chi connectivity index (χ3v) is 1.84. The van der Waals surface area contributed by atoms with E-state index in [2.05, 4.69) is 20.5 Å². The molecule has 9 heteroatoms. The Kier molecular flexibility index (Phi) is 7.12. The van der Waals surface area contributed by atoms with Crippen molar-refractivity contribution < 1.29 is 17.7 Å². The maximum absolute atomic E-state index is 10.4. The maximum atomic E-state index is 10.4. The first-order valence-corrected chi connectivity index (χ1v) is 7.68. The number of hydrazone groups is 1. The van der Waals surface area contributed by atoms with Gasteiger partial charge in [-0.15, -0.1) is 0 Å². The van der Waals surface area contributed by atoms with Crippen LogP contribution in [0.15, 0.2) is 35.6 Å². The number of rotatable bonds is 2. The number of nitrogens with one attached hydrogen (secondary N) is 1. The van der Waals surface area contributed by atoms with E-state index in [0.717, 1.165) is 11.0 Å². The van der Waals surface area contributed by atoms with E-state index in [1.807, 2.05) is 24.3 Å². The Bertz CT molecular complexity index is 581. The van der Waals surface area contributed by atoms with Crippen molar-refractivity contribution >= 4 is 43.6 Å². The molecule has 1 aromatic heterocycles. The third-order valence-electron chi connectivity index (χ3n) is 1.84. The molecule has 0 atom stereocenters. The number of fused-ring (bicyclic) bond motifs is 1. The molecule has 19 heavy (non-hydrogen) atoms. The van der Waals surface area contributed by atoms with Gasteiger partial charge in [0.15, 0.2) is 0 Å². The molecular weight excluding hydrogens is 336 g/mol. The Hall–Kier alpha value is -1.41. The number of carbonyl (C=O) groups excluding carboxylic acids is 1. The number of para-hydroxylation sites is 2. The van der Waals surface area contributed by atoms with Crippen molar-refractivity contribution in [1.82, 2.24) is 15.4 Å². The van der Waals surface area contributed by atoms with Crippen LogP contribution >= 0.6 is 20.3 Å². The molecule has 0 saturated carbocycles. The number of nitrogens with zero attached hydrogens (tertiary/aromatic N) is 3. The van der Waals surface area contributed by atoms with Gasteiger partial charge in [0.1, 0.15) is 5.69 Å². The number of halogens is 2. The molecule has 0 bridgehead atoms. The molecule has 0 spiro atoms. The molecule has 6 nitrogen and oxygen atoms in total. The monoisotopic (exact) mass is 344 g/mol. The van der Waals surface area contributed by atoms with Crippen molar-refractivity contribution in [2.45, 2.75) is 0 Å². The molecular formula is C10H9Cl2CoN5O. The number of hydrogen-bond acceptors (Lipinski definition) is 4. The summed E-state index contributed by atoms with van der Waals surface area (Å²) in [5.41, 5.74) is 9.06. The van der Waals surface area contributed by atoms with Gasteiger partial charge in [-0.25, -0.2) is 15.2 Å². The van der Waals surface area contributed by atoms with Crippen LogP contribution in [0.25, 0.3) is 11.0 Å². The molecule has 1 aromatic carbocycles. The second-order valence-electron chi connectivity index (χ2n) is 3.07. The minimum absolute atomic E-state index is 0.382. The molecule has 2 rings (SSSR count). The zero-order valence-electron chi connectivity index (χ0n) is 9.38. The van der Waals surface area contributed by atoms with E-state index in [1.165, 1.54) is 6.21 Å². The summed E-state index contributed by atoms with van der Waals surface area (Å²) in [6.45, 7) is 0. The molecule has 2 amide bonds. The van der Waals surface area contributed by atoms with Crippen LogP contribution in [0.2, 0.25) is 0 Å². The standard InChI is InChI=1S/C10H9N5O.2ClH.Co/c11-10(16)15-13-6-7-5-12-8-3-1-2-4-9(8)14-7;;;/h1-6H,(H3,11,15,16);2*1H;/q;;;+2/p-2/b13-6+;;;. The molecule has 3 N–H and O–H groups in total. The van der Waals surface area contributed by atoms with E-state index >= 15 is 0 Å². The van der Waals surface area contributed by atoms with Crippen LogP contribution in [0.5, 0.6) is 0 Å². The van der Waals surface area contributed by atoms with Crippen LogP contribution in [-0.2, 0) is 12.9 Å². The normalized spacial score (nSPS) is 10.2. The van der Waals surface area contributed by atoms with Gasteiger partial charge in [-0.3, -0.25) is 4.98 Å². The average Bonchev–Trinajstić information content (AvgIpc) is 2.39. The number of aromatic nitrogens is 2. The van der Waals surface area contributed by atoms with Gasteiger partial charge in [0, 0.05) is 0 Å². The molecule has 0 radical (unpaired) electrons. The Balaban J connectivity index is 0.000000550. The predicted molar refractivity (Wildman–Crippen MR) is 71.6 cm³/mol. The van der Waals surface area contributed by atoms with Gasteiger partial charge < -0.3 is 5.73 Å². The van der Waals surface area contributed by atoms with Crippen molar-refractivity contribution in [1.29, 1.82) is 0 Å². The van der Waals surface area contributed by atoms with Crippen molar-refractivity contribution in [3.05, 3.63) is 36.2 Å². The first-order chi connectivity index (χ1) is 9.17. The topological polar surface area (TPSA) is 93.3 Å². The molecule has 0 aliphatic carbocycles. The predicted octanol–water partition coefficient (Wildman–Crippen LogP) is 2.01.